The fraction of sp³-hybridized carbons (Fsp3) is 0.400. The lowest BCUT2D eigenvalue weighted by Gasteiger charge is -2.11. The van der Waals surface area contributed by atoms with E-state index < -0.39 is 0 Å². The average molecular weight is 290 g/mol. The molecule has 0 saturated carbocycles. The van der Waals surface area contributed by atoms with Crippen molar-refractivity contribution in [3.63, 3.8) is 0 Å². The summed E-state index contributed by atoms with van der Waals surface area (Å²) >= 11 is 2.23. The largest absolute Gasteiger partial charge is 0.492 e. The van der Waals surface area contributed by atoms with Crippen LogP contribution in [0.4, 0.5) is 0 Å². The molecule has 0 saturated heterocycles. The Morgan fingerprint density at radius 3 is 3.15 bits per heavy atom. The van der Waals surface area contributed by atoms with Crippen molar-refractivity contribution >= 4 is 22.6 Å². The van der Waals surface area contributed by atoms with E-state index in [1.54, 1.807) is 0 Å². The molecule has 2 nitrogen and oxygen atoms in total. The molecular formula is C10H11IO2. The smallest absolute Gasteiger partial charge is 0.138 e. The van der Waals surface area contributed by atoms with Crippen LogP contribution in [0.1, 0.15) is 24.5 Å². The number of hydrogen-bond acceptors (Lipinski definition) is 2. The maximum absolute atomic E-state index is 9.78. The molecule has 1 atom stereocenters. The SMILES string of the molecule is O[C@@H]1CCCOc2c(I)cccc21. The van der Waals surface area contributed by atoms with Crippen molar-refractivity contribution in [1.82, 2.24) is 0 Å². The van der Waals surface area contributed by atoms with Gasteiger partial charge < -0.3 is 9.84 Å². The van der Waals surface area contributed by atoms with Gasteiger partial charge in [-0.05, 0) is 41.5 Å². The zero-order chi connectivity index (χ0) is 9.26. The number of hydrogen-bond donors (Lipinski definition) is 1. The molecule has 0 aromatic heterocycles. The van der Waals surface area contributed by atoms with Gasteiger partial charge in [0.1, 0.15) is 5.75 Å². The van der Waals surface area contributed by atoms with E-state index in [2.05, 4.69) is 22.6 Å². The Hall–Kier alpha value is -0.290. The zero-order valence-corrected chi connectivity index (χ0v) is 9.32. The highest BCUT2D eigenvalue weighted by molar-refractivity contribution is 14.1. The fourth-order valence-corrected chi connectivity index (χ4v) is 2.22. The number of ether oxygens (including phenoxy) is 1. The van der Waals surface area contributed by atoms with E-state index >= 15 is 0 Å². The summed E-state index contributed by atoms with van der Waals surface area (Å²) in [5, 5.41) is 9.78. The number of aliphatic hydroxyl groups is 1. The zero-order valence-electron chi connectivity index (χ0n) is 7.16. The van der Waals surface area contributed by atoms with Gasteiger partial charge in [0.05, 0.1) is 16.3 Å². The Morgan fingerprint density at radius 1 is 1.46 bits per heavy atom. The van der Waals surface area contributed by atoms with Crippen LogP contribution in [0, 0.1) is 3.57 Å². The average Bonchev–Trinajstić information content (AvgIpc) is 2.30. The Bertz CT molecular complexity index is 312. The van der Waals surface area contributed by atoms with E-state index in [0.29, 0.717) is 6.61 Å². The third-order valence-corrected chi connectivity index (χ3v) is 3.07. The van der Waals surface area contributed by atoms with E-state index in [0.717, 1.165) is 27.7 Å². The number of fused-ring (bicyclic) bond motifs is 1. The molecule has 0 radical (unpaired) electrons. The second-order valence-corrected chi connectivity index (χ2v) is 4.33. The highest BCUT2D eigenvalue weighted by atomic mass is 127. The lowest BCUT2D eigenvalue weighted by Crippen LogP contribution is -1.97. The molecule has 0 unspecified atom stereocenters. The third-order valence-electron chi connectivity index (χ3n) is 2.22. The van der Waals surface area contributed by atoms with Crippen molar-refractivity contribution in [3.05, 3.63) is 27.3 Å². The highest BCUT2D eigenvalue weighted by Gasteiger charge is 2.18. The molecule has 0 amide bonds. The first-order chi connectivity index (χ1) is 6.29. The molecule has 0 spiro atoms. The minimum Gasteiger partial charge on any atom is -0.492 e. The lowest BCUT2D eigenvalue weighted by molar-refractivity contribution is 0.167. The number of benzene rings is 1. The maximum atomic E-state index is 9.78. The summed E-state index contributed by atoms with van der Waals surface area (Å²) in [6.45, 7) is 0.712. The van der Waals surface area contributed by atoms with E-state index in [-0.39, 0.29) is 6.10 Å². The van der Waals surface area contributed by atoms with Crippen LogP contribution >= 0.6 is 22.6 Å². The molecule has 70 valence electrons. The number of para-hydroxylation sites is 1. The van der Waals surface area contributed by atoms with Gasteiger partial charge in [-0.1, -0.05) is 12.1 Å². The van der Waals surface area contributed by atoms with Gasteiger partial charge >= 0.3 is 0 Å². The topological polar surface area (TPSA) is 29.5 Å². The van der Waals surface area contributed by atoms with Crippen LogP contribution in [-0.2, 0) is 0 Å². The highest BCUT2D eigenvalue weighted by Crippen LogP contribution is 2.34. The van der Waals surface area contributed by atoms with Crippen LogP contribution in [0.5, 0.6) is 5.75 Å². The van der Waals surface area contributed by atoms with Crippen LogP contribution in [0.2, 0.25) is 0 Å². The van der Waals surface area contributed by atoms with Crippen LogP contribution in [0.3, 0.4) is 0 Å². The predicted molar refractivity (Wildman–Crippen MR) is 58.8 cm³/mol. The summed E-state index contributed by atoms with van der Waals surface area (Å²) in [6, 6.07) is 5.89. The Labute approximate surface area is 91.1 Å². The van der Waals surface area contributed by atoms with E-state index in [1.807, 2.05) is 18.2 Å². The molecule has 1 aliphatic heterocycles. The molecule has 0 bridgehead atoms. The first-order valence-electron chi connectivity index (χ1n) is 4.38. The standard InChI is InChI=1S/C10H11IO2/c11-8-4-1-3-7-9(12)5-2-6-13-10(7)8/h1,3-4,9,12H,2,5-6H2/t9-/m1/s1. The van der Waals surface area contributed by atoms with Gasteiger partial charge in [-0.2, -0.15) is 0 Å². The summed E-state index contributed by atoms with van der Waals surface area (Å²) in [5.74, 6) is 0.869. The molecule has 1 aromatic carbocycles. The van der Waals surface area contributed by atoms with Crippen LogP contribution in [0.15, 0.2) is 18.2 Å². The minimum atomic E-state index is -0.354. The van der Waals surface area contributed by atoms with Gasteiger partial charge in [-0.3, -0.25) is 0 Å². The Morgan fingerprint density at radius 2 is 2.31 bits per heavy atom. The van der Waals surface area contributed by atoms with Crippen LogP contribution < -0.4 is 4.74 Å². The second kappa shape index (κ2) is 3.84. The van der Waals surface area contributed by atoms with Crippen molar-refractivity contribution < 1.29 is 9.84 Å². The summed E-state index contributed by atoms with van der Waals surface area (Å²) in [5.41, 5.74) is 0.935. The van der Waals surface area contributed by atoms with Gasteiger partial charge in [0.25, 0.3) is 0 Å². The van der Waals surface area contributed by atoms with Crippen molar-refractivity contribution in [2.75, 3.05) is 6.61 Å². The number of rotatable bonds is 0. The summed E-state index contributed by atoms with van der Waals surface area (Å²) in [7, 11) is 0. The molecule has 3 heteroatoms. The number of aliphatic hydroxyl groups excluding tert-OH is 1. The van der Waals surface area contributed by atoms with Crippen molar-refractivity contribution in [2.45, 2.75) is 18.9 Å². The molecule has 0 fully saturated rings. The van der Waals surface area contributed by atoms with Gasteiger partial charge in [0, 0.05) is 5.56 Å². The first kappa shape index (κ1) is 9.27. The van der Waals surface area contributed by atoms with Gasteiger partial charge in [0.2, 0.25) is 0 Å². The Kier molecular flexibility index (Phi) is 2.74. The molecule has 1 aliphatic rings. The molecule has 1 aromatic rings. The summed E-state index contributed by atoms with van der Waals surface area (Å²) in [6.07, 6.45) is 1.37. The first-order valence-corrected chi connectivity index (χ1v) is 5.46. The van der Waals surface area contributed by atoms with Crippen molar-refractivity contribution in [3.8, 4) is 5.75 Å². The van der Waals surface area contributed by atoms with Crippen molar-refractivity contribution in [2.24, 2.45) is 0 Å². The quantitative estimate of drug-likeness (QED) is 0.744. The van der Waals surface area contributed by atoms with E-state index in [9.17, 15) is 5.11 Å². The maximum Gasteiger partial charge on any atom is 0.138 e. The molecule has 2 rings (SSSR count). The predicted octanol–water partition coefficient (Wildman–Crippen LogP) is 2.50. The van der Waals surface area contributed by atoms with Crippen LogP contribution in [0.25, 0.3) is 0 Å². The molecular weight excluding hydrogens is 279 g/mol. The van der Waals surface area contributed by atoms with E-state index in [4.69, 9.17) is 4.74 Å². The lowest BCUT2D eigenvalue weighted by atomic mass is 10.1. The minimum absolute atomic E-state index is 0.354. The summed E-state index contributed by atoms with van der Waals surface area (Å²) < 4.78 is 6.66. The Balaban J connectivity index is 2.47. The van der Waals surface area contributed by atoms with Crippen molar-refractivity contribution in [1.29, 1.82) is 0 Å². The molecule has 1 N–H and O–H groups in total. The fourth-order valence-electron chi connectivity index (χ4n) is 1.55. The second-order valence-electron chi connectivity index (χ2n) is 3.16. The van der Waals surface area contributed by atoms with E-state index in [1.165, 1.54) is 0 Å². The van der Waals surface area contributed by atoms with Gasteiger partial charge in [0.15, 0.2) is 0 Å². The van der Waals surface area contributed by atoms with Crippen LogP contribution in [-0.4, -0.2) is 11.7 Å². The molecule has 0 aliphatic carbocycles. The molecule has 13 heavy (non-hydrogen) atoms. The monoisotopic (exact) mass is 290 g/mol. The third kappa shape index (κ3) is 1.81. The normalized spacial score (nSPS) is 21.5. The van der Waals surface area contributed by atoms with Gasteiger partial charge in [-0.25, -0.2) is 0 Å². The summed E-state index contributed by atoms with van der Waals surface area (Å²) in [4.78, 5) is 0. The number of halogens is 1. The van der Waals surface area contributed by atoms with Gasteiger partial charge in [-0.15, -0.1) is 0 Å². The molecule has 1 heterocycles.